The number of aryl methyl sites for hydroxylation is 2. The lowest BCUT2D eigenvalue weighted by Crippen LogP contribution is -2.55. The van der Waals surface area contributed by atoms with Crippen LogP contribution in [-0.2, 0) is 9.53 Å². The van der Waals surface area contributed by atoms with Crippen molar-refractivity contribution >= 4 is 11.7 Å². The Morgan fingerprint density at radius 1 is 1.19 bits per heavy atom. The molecule has 1 unspecified atom stereocenters. The Bertz CT molecular complexity index is 919. The van der Waals surface area contributed by atoms with Gasteiger partial charge in [-0.2, -0.15) is 0 Å². The minimum Gasteiger partial charge on any atom is -0.461 e. The summed E-state index contributed by atoms with van der Waals surface area (Å²) in [5.74, 6) is 0.000175. The second kappa shape index (κ2) is 8.18. The van der Waals surface area contributed by atoms with E-state index in [1.165, 1.54) is 22.4 Å². The molecule has 5 rings (SSSR count). The summed E-state index contributed by atoms with van der Waals surface area (Å²) in [6.07, 6.45) is 4.59. The molecule has 2 aliphatic heterocycles. The third-order valence-electron chi connectivity index (χ3n) is 9.09. The minimum atomic E-state index is -0.518. The summed E-state index contributed by atoms with van der Waals surface area (Å²) >= 11 is 0. The van der Waals surface area contributed by atoms with Crippen molar-refractivity contribution < 1.29 is 14.6 Å². The van der Waals surface area contributed by atoms with E-state index < -0.39 is 6.10 Å². The summed E-state index contributed by atoms with van der Waals surface area (Å²) in [4.78, 5) is 17.8. The zero-order chi connectivity index (χ0) is 22.6. The first kappa shape index (κ1) is 22.0. The van der Waals surface area contributed by atoms with Crippen LogP contribution in [0.2, 0.25) is 0 Å². The van der Waals surface area contributed by atoms with E-state index in [0.717, 1.165) is 45.4 Å². The molecular weight excluding hydrogens is 400 g/mol. The normalized spacial score (nSPS) is 37.5. The summed E-state index contributed by atoms with van der Waals surface area (Å²) in [5, 5.41) is 11.6. The first-order chi connectivity index (χ1) is 15.3. The number of carbonyl (C=O) groups excluding carboxylic acids is 1. The van der Waals surface area contributed by atoms with Crippen LogP contribution in [0.5, 0.6) is 0 Å². The number of esters is 1. The third kappa shape index (κ3) is 3.49. The van der Waals surface area contributed by atoms with Crippen LogP contribution in [0.3, 0.4) is 0 Å². The van der Waals surface area contributed by atoms with Gasteiger partial charge < -0.3 is 14.7 Å². The van der Waals surface area contributed by atoms with E-state index in [9.17, 15) is 9.90 Å². The van der Waals surface area contributed by atoms with Crippen molar-refractivity contribution in [1.82, 2.24) is 4.90 Å². The van der Waals surface area contributed by atoms with Crippen LogP contribution in [-0.4, -0.2) is 60.9 Å². The van der Waals surface area contributed by atoms with Crippen LogP contribution < -0.4 is 4.90 Å². The molecule has 5 nitrogen and oxygen atoms in total. The Labute approximate surface area is 192 Å². The molecule has 3 fully saturated rings. The van der Waals surface area contributed by atoms with Crippen LogP contribution in [0.1, 0.15) is 44.2 Å². The van der Waals surface area contributed by atoms with Crippen molar-refractivity contribution in [3.8, 4) is 0 Å². The highest BCUT2D eigenvalue weighted by atomic mass is 16.6. The second-order valence-corrected chi connectivity index (χ2v) is 10.9. The largest absolute Gasteiger partial charge is 0.461 e. The third-order valence-corrected chi connectivity index (χ3v) is 9.09. The molecule has 1 aromatic carbocycles. The van der Waals surface area contributed by atoms with Crippen molar-refractivity contribution in [3.63, 3.8) is 0 Å². The predicted molar refractivity (Wildman–Crippen MR) is 127 cm³/mol. The maximum Gasteiger partial charge on any atom is 0.311 e. The molecule has 1 N–H and O–H groups in total. The van der Waals surface area contributed by atoms with E-state index in [4.69, 9.17) is 4.74 Å². The fraction of sp³-hybridized carbons (Fsp3) is 0.667. The fourth-order valence-corrected chi connectivity index (χ4v) is 6.88. The molecule has 174 valence electrons. The Hall–Kier alpha value is -1.85. The van der Waals surface area contributed by atoms with Gasteiger partial charge in [-0.05, 0) is 44.2 Å². The van der Waals surface area contributed by atoms with E-state index in [0.29, 0.717) is 12.5 Å². The fourth-order valence-electron chi connectivity index (χ4n) is 6.88. The van der Waals surface area contributed by atoms with Gasteiger partial charge in [0.25, 0.3) is 0 Å². The number of hydrogen-bond acceptors (Lipinski definition) is 5. The molecule has 0 amide bonds. The first-order valence-electron chi connectivity index (χ1n) is 12.4. The van der Waals surface area contributed by atoms with E-state index in [1.54, 1.807) is 0 Å². The Balaban J connectivity index is 1.27. The SMILES string of the molecule is Cc1ccc(N2CCN(CC3C(=O)O[C@@H]4CC5=CCC[C@H](C)[C@@]5(C)[C@@H](O)[C@H]34)CC2)c(C)c1. The van der Waals surface area contributed by atoms with E-state index in [-0.39, 0.29) is 29.3 Å². The number of ether oxygens (including phenoxy) is 1. The van der Waals surface area contributed by atoms with Crippen molar-refractivity contribution in [2.45, 2.75) is 59.2 Å². The molecular formula is C27H38N2O3. The number of anilines is 1. The minimum absolute atomic E-state index is 0.0948. The summed E-state index contributed by atoms with van der Waals surface area (Å²) in [5.41, 5.74) is 5.01. The van der Waals surface area contributed by atoms with Crippen molar-refractivity contribution in [3.05, 3.63) is 41.0 Å². The van der Waals surface area contributed by atoms with Crippen LogP contribution in [0.4, 0.5) is 5.69 Å². The van der Waals surface area contributed by atoms with Crippen molar-refractivity contribution in [2.75, 3.05) is 37.6 Å². The lowest BCUT2D eigenvalue weighted by Gasteiger charge is -2.52. The molecule has 0 spiro atoms. The lowest BCUT2D eigenvalue weighted by molar-refractivity contribution is -0.145. The number of fused-ring (bicyclic) bond motifs is 2. The van der Waals surface area contributed by atoms with Crippen molar-refractivity contribution in [2.24, 2.45) is 23.2 Å². The number of hydrogen-bond donors (Lipinski definition) is 1. The molecule has 0 radical (unpaired) electrons. The molecule has 0 bridgehead atoms. The Morgan fingerprint density at radius 2 is 1.94 bits per heavy atom. The van der Waals surface area contributed by atoms with Gasteiger partial charge in [0.2, 0.25) is 0 Å². The Morgan fingerprint density at radius 3 is 2.66 bits per heavy atom. The number of benzene rings is 1. The molecule has 6 atom stereocenters. The summed E-state index contributed by atoms with van der Waals surface area (Å²) in [7, 11) is 0. The highest BCUT2D eigenvalue weighted by Crippen LogP contribution is 2.56. The number of aliphatic hydroxyl groups is 1. The number of allylic oxidation sites excluding steroid dienone is 1. The molecule has 2 aliphatic carbocycles. The molecule has 5 heteroatoms. The van der Waals surface area contributed by atoms with Gasteiger partial charge in [-0.3, -0.25) is 9.69 Å². The first-order valence-corrected chi connectivity index (χ1v) is 12.4. The molecule has 4 aliphatic rings. The number of piperazine rings is 1. The molecule has 1 aromatic rings. The van der Waals surface area contributed by atoms with Crippen LogP contribution in [0, 0.1) is 37.0 Å². The topological polar surface area (TPSA) is 53.0 Å². The van der Waals surface area contributed by atoms with Crippen LogP contribution in [0.15, 0.2) is 29.8 Å². The standard InChI is InChI=1S/C27H38N2O3/c1-17-8-9-22(18(2)14-17)29-12-10-28(11-13-29)16-21-24-23(32-26(21)31)15-20-7-5-6-19(3)27(20,4)25(24)30/h7-9,14,19,21,23-25,30H,5-6,10-13,15-16H2,1-4H3/t19-,21?,23+,24+,25-,27+/m0/s1. The molecule has 1 saturated carbocycles. The van der Waals surface area contributed by atoms with Gasteiger partial charge in [-0.15, -0.1) is 0 Å². The summed E-state index contributed by atoms with van der Waals surface area (Å²) < 4.78 is 5.86. The van der Waals surface area contributed by atoms with E-state index >= 15 is 0 Å². The zero-order valence-electron chi connectivity index (χ0n) is 20.0. The Kier molecular flexibility index (Phi) is 5.61. The van der Waals surface area contributed by atoms with E-state index in [2.05, 4.69) is 61.8 Å². The number of nitrogens with zero attached hydrogens (tertiary/aromatic N) is 2. The average molecular weight is 439 g/mol. The highest BCUT2D eigenvalue weighted by Gasteiger charge is 2.59. The van der Waals surface area contributed by atoms with Gasteiger partial charge in [0.15, 0.2) is 0 Å². The smallest absolute Gasteiger partial charge is 0.311 e. The summed E-state index contributed by atoms with van der Waals surface area (Å²) in [6, 6.07) is 6.66. The summed E-state index contributed by atoms with van der Waals surface area (Å²) in [6.45, 7) is 13.3. The average Bonchev–Trinajstić information content (AvgIpc) is 3.06. The number of carbonyl (C=O) groups is 1. The molecule has 32 heavy (non-hydrogen) atoms. The van der Waals surface area contributed by atoms with Crippen LogP contribution in [0.25, 0.3) is 0 Å². The van der Waals surface area contributed by atoms with Crippen molar-refractivity contribution in [1.29, 1.82) is 0 Å². The number of rotatable bonds is 3. The predicted octanol–water partition coefficient (Wildman–Crippen LogP) is 3.71. The van der Waals surface area contributed by atoms with Gasteiger partial charge in [-0.25, -0.2) is 0 Å². The maximum atomic E-state index is 12.9. The van der Waals surface area contributed by atoms with E-state index in [1.807, 2.05) is 0 Å². The molecule has 2 saturated heterocycles. The van der Waals surface area contributed by atoms with Crippen LogP contribution >= 0.6 is 0 Å². The molecule has 2 heterocycles. The van der Waals surface area contributed by atoms with Gasteiger partial charge in [-0.1, -0.05) is 43.2 Å². The monoisotopic (exact) mass is 438 g/mol. The van der Waals surface area contributed by atoms with Gasteiger partial charge in [0.1, 0.15) is 6.10 Å². The quantitative estimate of drug-likeness (QED) is 0.576. The highest BCUT2D eigenvalue weighted by molar-refractivity contribution is 5.76. The number of aliphatic hydroxyl groups excluding tert-OH is 1. The maximum absolute atomic E-state index is 12.9. The van der Waals surface area contributed by atoms with Gasteiger partial charge in [0, 0.05) is 56.2 Å². The molecule has 0 aromatic heterocycles. The lowest BCUT2D eigenvalue weighted by atomic mass is 9.55. The zero-order valence-corrected chi connectivity index (χ0v) is 20.0. The second-order valence-electron chi connectivity index (χ2n) is 10.9. The van der Waals surface area contributed by atoms with Gasteiger partial charge >= 0.3 is 5.97 Å². The van der Waals surface area contributed by atoms with Gasteiger partial charge in [0.05, 0.1) is 12.0 Å².